The standard InChI is InChI=1S/C15H18Br2N2O3/c1-19(2)5-3-4-18-15(21)13-6-9-12(22-13)7-11(16)10(8-20)14(9)17/h6-7,20H,3-5,8H2,1-2H3,(H,18,21). The van der Waals surface area contributed by atoms with Gasteiger partial charge in [-0.05, 0) is 55.1 Å². The Morgan fingerprint density at radius 2 is 2.09 bits per heavy atom. The number of aliphatic hydroxyl groups is 1. The number of amides is 1. The Labute approximate surface area is 145 Å². The van der Waals surface area contributed by atoms with E-state index in [-0.39, 0.29) is 18.3 Å². The Morgan fingerprint density at radius 3 is 2.73 bits per heavy atom. The molecule has 0 atom stereocenters. The SMILES string of the molecule is CN(C)CCCNC(=O)c1cc2c(Br)c(CO)c(Br)cc2o1. The number of fused-ring (bicyclic) bond motifs is 1. The maximum atomic E-state index is 12.1. The molecule has 0 saturated heterocycles. The highest BCUT2D eigenvalue weighted by Crippen LogP contribution is 2.35. The van der Waals surface area contributed by atoms with Gasteiger partial charge in [-0.2, -0.15) is 0 Å². The molecule has 5 nitrogen and oxygen atoms in total. The summed E-state index contributed by atoms with van der Waals surface area (Å²) in [7, 11) is 3.99. The lowest BCUT2D eigenvalue weighted by molar-refractivity contribution is 0.0927. The van der Waals surface area contributed by atoms with Crippen LogP contribution in [0.1, 0.15) is 22.5 Å². The van der Waals surface area contributed by atoms with Crippen molar-refractivity contribution in [3.63, 3.8) is 0 Å². The molecular formula is C15H18Br2N2O3. The highest BCUT2D eigenvalue weighted by Gasteiger charge is 2.17. The highest BCUT2D eigenvalue weighted by molar-refractivity contribution is 9.11. The van der Waals surface area contributed by atoms with Crippen LogP contribution in [-0.4, -0.2) is 43.1 Å². The van der Waals surface area contributed by atoms with E-state index < -0.39 is 0 Å². The fraction of sp³-hybridized carbons (Fsp3) is 0.400. The van der Waals surface area contributed by atoms with Crippen molar-refractivity contribution in [2.45, 2.75) is 13.0 Å². The van der Waals surface area contributed by atoms with Gasteiger partial charge in [-0.25, -0.2) is 0 Å². The molecule has 0 fully saturated rings. The number of hydrogen-bond donors (Lipinski definition) is 2. The Balaban J connectivity index is 2.15. The minimum atomic E-state index is -0.233. The third-order valence-corrected chi connectivity index (χ3v) is 4.87. The first-order valence-electron chi connectivity index (χ1n) is 6.88. The number of nitrogens with zero attached hydrogens (tertiary/aromatic N) is 1. The van der Waals surface area contributed by atoms with E-state index in [4.69, 9.17) is 4.42 Å². The van der Waals surface area contributed by atoms with Crippen molar-refractivity contribution in [2.75, 3.05) is 27.2 Å². The molecule has 1 heterocycles. The Bertz CT molecular complexity index is 683. The second-order valence-corrected chi connectivity index (χ2v) is 6.89. The summed E-state index contributed by atoms with van der Waals surface area (Å²) in [6.45, 7) is 1.41. The molecule has 0 bridgehead atoms. The summed E-state index contributed by atoms with van der Waals surface area (Å²) in [6, 6.07) is 3.45. The number of benzene rings is 1. The maximum Gasteiger partial charge on any atom is 0.287 e. The Hall–Kier alpha value is -0.890. The minimum absolute atomic E-state index is 0.103. The van der Waals surface area contributed by atoms with Gasteiger partial charge in [0, 0.05) is 26.4 Å². The zero-order chi connectivity index (χ0) is 16.3. The topological polar surface area (TPSA) is 65.7 Å². The lowest BCUT2D eigenvalue weighted by atomic mass is 10.1. The van der Waals surface area contributed by atoms with Gasteiger partial charge >= 0.3 is 0 Å². The number of carbonyl (C=O) groups excluding carboxylic acids is 1. The second-order valence-electron chi connectivity index (χ2n) is 5.24. The average molecular weight is 434 g/mol. The van der Waals surface area contributed by atoms with Gasteiger partial charge in [0.1, 0.15) is 5.58 Å². The smallest absolute Gasteiger partial charge is 0.287 e. The summed E-state index contributed by atoms with van der Waals surface area (Å²) in [4.78, 5) is 14.2. The van der Waals surface area contributed by atoms with Crippen molar-refractivity contribution in [3.05, 3.63) is 32.4 Å². The largest absolute Gasteiger partial charge is 0.451 e. The number of halogens is 2. The monoisotopic (exact) mass is 432 g/mol. The molecule has 120 valence electrons. The minimum Gasteiger partial charge on any atom is -0.451 e. The molecule has 0 aliphatic heterocycles. The van der Waals surface area contributed by atoms with E-state index in [2.05, 4.69) is 42.1 Å². The average Bonchev–Trinajstić information content (AvgIpc) is 2.87. The van der Waals surface area contributed by atoms with Gasteiger partial charge in [0.2, 0.25) is 0 Å². The van der Waals surface area contributed by atoms with Crippen LogP contribution in [0.25, 0.3) is 11.0 Å². The molecule has 0 radical (unpaired) electrons. The van der Waals surface area contributed by atoms with E-state index in [1.165, 1.54) is 0 Å². The van der Waals surface area contributed by atoms with E-state index in [0.717, 1.165) is 32.9 Å². The van der Waals surface area contributed by atoms with Crippen LogP contribution >= 0.6 is 31.9 Å². The number of rotatable bonds is 6. The highest BCUT2D eigenvalue weighted by atomic mass is 79.9. The van der Waals surface area contributed by atoms with E-state index in [1.807, 2.05) is 14.1 Å². The van der Waals surface area contributed by atoms with E-state index in [0.29, 0.717) is 12.1 Å². The van der Waals surface area contributed by atoms with Gasteiger partial charge in [-0.15, -0.1) is 0 Å². The van der Waals surface area contributed by atoms with Crippen LogP contribution in [0.5, 0.6) is 0 Å². The third kappa shape index (κ3) is 3.90. The molecule has 0 aliphatic carbocycles. The number of carbonyl (C=O) groups is 1. The quantitative estimate of drug-likeness (QED) is 0.687. The van der Waals surface area contributed by atoms with Crippen molar-refractivity contribution in [1.29, 1.82) is 0 Å². The summed E-state index contributed by atoms with van der Waals surface area (Å²) in [6.07, 6.45) is 0.878. The molecule has 0 saturated carbocycles. The van der Waals surface area contributed by atoms with Gasteiger partial charge in [0.15, 0.2) is 5.76 Å². The summed E-state index contributed by atoms with van der Waals surface area (Å²) >= 11 is 6.83. The molecule has 2 N–H and O–H groups in total. The molecule has 1 aromatic carbocycles. The maximum absolute atomic E-state index is 12.1. The normalized spacial score (nSPS) is 11.4. The van der Waals surface area contributed by atoms with Crippen molar-refractivity contribution < 1.29 is 14.3 Å². The molecule has 2 aromatic rings. The van der Waals surface area contributed by atoms with Crippen LogP contribution in [-0.2, 0) is 6.61 Å². The lowest BCUT2D eigenvalue weighted by Gasteiger charge is -2.08. The molecule has 0 unspecified atom stereocenters. The van der Waals surface area contributed by atoms with Crippen molar-refractivity contribution in [1.82, 2.24) is 10.2 Å². The fourth-order valence-corrected chi connectivity index (χ4v) is 3.54. The number of aliphatic hydroxyl groups excluding tert-OH is 1. The zero-order valence-electron chi connectivity index (χ0n) is 12.4. The summed E-state index contributed by atoms with van der Waals surface area (Å²) in [5, 5.41) is 13.0. The van der Waals surface area contributed by atoms with E-state index in [9.17, 15) is 9.90 Å². The first-order chi connectivity index (χ1) is 10.4. The summed E-state index contributed by atoms with van der Waals surface area (Å²) < 4.78 is 7.07. The molecule has 22 heavy (non-hydrogen) atoms. The molecule has 0 aliphatic rings. The fourth-order valence-electron chi connectivity index (χ4n) is 2.09. The first kappa shape index (κ1) is 17.5. The Morgan fingerprint density at radius 1 is 1.36 bits per heavy atom. The third-order valence-electron chi connectivity index (χ3n) is 3.26. The van der Waals surface area contributed by atoms with Gasteiger partial charge in [0.05, 0.1) is 6.61 Å². The molecule has 1 aromatic heterocycles. The van der Waals surface area contributed by atoms with Crippen LogP contribution in [0.15, 0.2) is 25.5 Å². The predicted molar refractivity (Wildman–Crippen MR) is 93.0 cm³/mol. The molecule has 0 spiro atoms. The summed E-state index contributed by atoms with van der Waals surface area (Å²) in [5.74, 6) is 0.0334. The van der Waals surface area contributed by atoms with Gasteiger partial charge in [-0.1, -0.05) is 15.9 Å². The zero-order valence-corrected chi connectivity index (χ0v) is 15.6. The van der Waals surface area contributed by atoms with Gasteiger partial charge in [0.25, 0.3) is 5.91 Å². The van der Waals surface area contributed by atoms with E-state index >= 15 is 0 Å². The van der Waals surface area contributed by atoms with Gasteiger partial charge in [-0.3, -0.25) is 4.79 Å². The summed E-state index contributed by atoms with van der Waals surface area (Å²) in [5.41, 5.74) is 1.32. The predicted octanol–water partition coefficient (Wildman–Crippen LogP) is 3.13. The van der Waals surface area contributed by atoms with Crippen LogP contribution in [0.3, 0.4) is 0 Å². The van der Waals surface area contributed by atoms with E-state index in [1.54, 1.807) is 12.1 Å². The van der Waals surface area contributed by atoms with Crippen LogP contribution in [0.2, 0.25) is 0 Å². The number of furan rings is 1. The van der Waals surface area contributed by atoms with Crippen molar-refractivity contribution in [2.24, 2.45) is 0 Å². The lowest BCUT2D eigenvalue weighted by Crippen LogP contribution is -2.26. The second kappa shape index (κ2) is 7.59. The van der Waals surface area contributed by atoms with Crippen molar-refractivity contribution >= 4 is 48.7 Å². The first-order valence-corrected chi connectivity index (χ1v) is 8.47. The van der Waals surface area contributed by atoms with Crippen LogP contribution in [0.4, 0.5) is 0 Å². The Kier molecular flexibility index (Phi) is 6.02. The molecule has 1 amide bonds. The number of hydrogen-bond acceptors (Lipinski definition) is 4. The van der Waals surface area contributed by atoms with Crippen LogP contribution < -0.4 is 5.32 Å². The molecular weight excluding hydrogens is 416 g/mol. The molecule has 2 rings (SSSR count). The van der Waals surface area contributed by atoms with Crippen LogP contribution in [0, 0.1) is 0 Å². The van der Waals surface area contributed by atoms with Gasteiger partial charge < -0.3 is 19.7 Å². The number of nitrogens with one attached hydrogen (secondary N) is 1. The van der Waals surface area contributed by atoms with Crippen molar-refractivity contribution in [3.8, 4) is 0 Å². The molecule has 7 heteroatoms.